The molecule has 1 aliphatic rings. The van der Waals surface area contributed by atoms with Gasteiger partial charge in [0.05, 0.1) is 17.8 Å². The fraction of sp³-hybridized carbons (Fsp3) is 0.667. The summed E-state index contributed by atoms with van der Waals surface area (Å²) in [7, 11) is 1.71. The van der Waals surface area contributed by atoms with Gasteiger partial charge in [-0.1, -0.05) is 17.6 Å². The van der Waals surface area contributed by atoms with Gasteiger partial charge in [0.2, 0.25) is 0 Å². The van der Waals surface area contributed by atoms with Gasteiger partial charge in [-0.3, -0.25) is 4.90 Å². The maximum Gasteiger partial charge on any atom is 0.330 e. The highest BCUT2D eigenvalue weighted by Crippen LogP contribution is 2.24. The molecule has 24 heavy (non-hydrogen) atoms. The van der Waals surface area contributed by atoms with Crippen molar-refractivity contribution in [2.24, 2.45) is 0 Å². The first-order valence-electron chi connectivity index (χ1n) is 8.64. The molecule has 6 heteroatoms. The maximum atomic E-state index is 10.1. The van der Waals surface area contributed by atoms with E-state index in [1.54, 1.807) is 21.3 Å². The van der Waals surface area contributed by atoms with Gasteiger partial charge >= 0.3 is 7.48 Å². The maximum absolute atomic E-state index is 10.1. The van der Waals surface area contributed by atoms with E-state index in [0.29, 0.717) is 0 Å². The average molecular weight is 333 g/mol. The first-order chi connectivity index (χ1) is 11.2. The van der Waals surface area contributed by atoms with Crippen molar-refractivity contribution >= 4 is 18.6 Å². The number of rotatable bonds is 7. The van der Waals surface area contributed by atoms with E-state index >= 15 is 0 Å². The van der Waals surface area contributed by atoms with Crippen molar-refractivity contribution in [1.82, 2.24) is 4.90 Å². The van der Waals surface area contributed by atoms with E-state index in [2.05, 4.69) is 21.9 Å². The van der Waals surface area contributed by atoms with E-state index in [-0.39, 0.29) is 6.61 Å². The SMILES string of the molecule is CC(C)(O)C(C)(C)O[B]c1ccc(N2CCN(CCO)CC2)cc1. The molecule has 1 radical (unpaired) electrons. The summed E-state index contributed by atoms with van der Waals surface area (Å²) in [6, 6.07) is 8.29. The first-order valence-corrected chi connectivity index (χ1v) is 8.64. The van der Waals surface area contributed by atoms with Gasteiger partial charge in [-0.25, -0.2) is 0 Å². The zero-order valence-corrected chi connectivity index (χ0v) is 15.3. The molecular formula is C18H30BN2O3. The Hall–Kier alpha value is -1.08. The average Bonchev–Trinajstić information content (AvgIpc) is 2.54. The van der Waals surface area contributed by atoms with Crippen LogP contribution in [0.4, 0.5) is 5.69 Å². The van der Waals surface area contributed by atoms with Crippen LogP contribution in [-0.2, 0) is 4.65 Å². The van der Waals surface area contributed by atoms with Crippen LogP contribution in [0.3, 0.4) is 0 Å². The van der Waals surface area contributed by atoms with E-state index < -0.39 is 11.2 Å². The molecule has 0 unspecified atom stereocenters. The molecule has 0 spiro atoms. The Labute approximate surface area is 146 Å². The van der Waals surface area contributed by atoms with Crippen molar-refractivity contribution in [3.63, 3.8) is 0 Å². The molecule has 1 saturated heterocycles. The van der Waals surface area contributed by atoms with Crippen LogP contribution in [0.1, 0.15) is 27.7 Å². The predicted octanol–water partition coefficient (Wildman–Crippen LogP) is 0.611. The fourth-order valence-corrected chi connectivity index (χ4v) is 2.49. The Morgan fingerprint density at radius 3 is 2.12 bits per heavy atom. The molecule has 133 valence electrons. The van der Waals surface area contributed by atoms with Crippen molar-refractivity contribution in [2.45, 2.75) is 38.9 Å². The van der Waals surface area contributed by atoms with Gasteiger partial charge in [-0.2, -0.15) is 0 Å². The van der Waals surface area contributed by atoms with E-state index in [9.17, 15) is 5.11 Å². The quantitative estimate of drug-likeness (QED) is 0.716. The summed E-state index contributed by atoms with van der Waals surface area (Å²) >= 11 is 0. The van der Waals surface area contributed by atoms with Crippen LogP contribution >= 0.6 is 0 Å². The number of nitrogens with zero attached hydrogens (tertiary/aromatic N) is 2. The van der Waals surface area contributed by atoms with E-state index in [1.807, 2.05) is 26.0 Å². The van der Waals surface area contributed by atoms with Crippen LogP contribution in [0.15, 0.2) is 24.3 Å². The lowest BCUT2D eigenvalue weighted by molar-refractivity contribution is -0.0893. The summed E-state index contributed by atoms with van der Waals surface area (Å²) in [6.07, 6.45) is 0. The second kappa shape index (κ2) is 7.87. The van der Waals surface area contributed by atoms with Gasteiger partial charge in [0.1, 0.15) is 0 Å². The van der Waals surface area contributed by atoms with Crippen LogP contribution in [0.2, 0.25) is 0 Å². The fourth-order valence-electron chi connectivity index (χ4n) is 2.49. The number of hydrogen-bond donors (Lipinski definition) is 2. The molecule has 0 saturated carbocycles. The summed E-state index contributed by atoms with van der Waals surface area (Å²) in [5.41, 5.74) is 0.611. The minimum atomic E-state index is -0.919. The number of β-amino-alcohol motifs (C(OH)–C–C–N with tert-alkyl or cyclic N) is 1. The molecule has 2 rings (SSSR count). The smallest absolute Gasteiger partial charge is 0.330 e. The van der Waals surface area contributed by atoms with Crippen molar-refractivity contribution in [3.05, 3.63) is 24.3 Å². The number of benzene rings is 1. The van der Waals surface area contributed by atoms with Crippen LogP contribution in [-0.4, -0.2) is 73.1 Å². The normalized spacial score (nSPS) is 17.2. The molecular weight excluding hydrogens is 303 g/mol. The third-order valence-corrected chi connectivity index (χ3v) is 5.01. The van der Waals surface area contributed by atoms with Crippen LogP contribution in [0, 0.1) is 0 Å². The van der Waals surface area contributed by atoms with Crippen molar-refractivity contribution in [3.8, 4) is 0 Å². The minimum Gasteiger partial charge on any atom is -0.427 e. The summed E-state index contributed by atoms with van der Waals surface area (Å²) in [4.78, 5) is 4.64. The Morgan fingerprint density at radius 1 is 1.04 bits per heavy atom. The zero-order chi connectivity index (χ0) is 17.8. The summed E-state index contributed by atoms with van der Waals surface area (Å²) in [5, 5.41) is 19.1. The van der Waals surface area contributed by atoms with Crippen molar-refractivity contribution in [1.29, 1.82) is 0 Å². The third-order valence-electron chi connectivity index (χ3n) is 5.01. The number of anilines is 1. The summed E-state index contributed by atoms with van der Waals surface area (Å²) < 4.78 is 5.79. The molecule has 0 atom stereocenters. The Morgan fingerprint density at radius 2 is 1.62 bits per heavy atom. The molecule has 1 aliphatic heterocycles. The Kier molecular flexibility index (Phi) is 6.31. The van der Waals surface area contributed by atoms with Crippen molar-refractivity contribution < 1.29 is 14.9 Å². The largest absolute Gasteiger partial charge is 0.427 e. The molecule has 0 bridgehead atoms. The highest BCUT2D eigenvalue weighted by Gasteiger charge is 2.35. The van der Waals surface area contributed by atoms with Gasteiger partial charge in [0.15, 0.2) is 0 Å². The minimum absolute atomic E-state index is 0.228. The highest BCUT2D eigenvalue weighted by molar-refractivity contribution is 6.47. The monoisotopic (exact) mass is 333 g/mol. The first kappa shape index (κ1) is 19.3. The molecule has 0 aromatic heterocycles. The molecule has 1 aromatic rings. The zero-order valence-electron chi connectivity index (χ0n) is 15.3. The van der Waals surface area contributed by atoms with Gasteiger partial charge in [-0.05, 0) is 39.8 Å². The number of piperazine rings is 1. The van der Waals surface area contributed by atoms with Crippen LogP contribution in [0.25, 0.3) is 0 Å². The molecule has 0 aliphatic carbocycles. The van der Waals surface area contributed by atoms with Crippen LogP contribution in [0.5, 0.6) is 0 Å². The summed E-state index contributed by atoms with van der Waals surface area (Å²) in [6.45, 7) is 12.2. The summed E-state index contributed by atoms with van der Waals surface area (Å²) in [5.74, 6) is 0. The van der Waals surface area contributed by atoms with Gasteiger partial charge in [0.25, 0.3) is 0 Å². The second-order valence-corrected chi connectivity index (χ2v) is 7.45. The molecule has 5 nitrogen and oxygen atoms in total. The molecule has 1 heterocycles. The lowest BCUT2D eigenvalue weighted by atomic mass is 9.82. The lowest BCUT2D eigenvalue weighted by Gasteiger charge is -2.37. The molecule has 1 fully saturated rings. The molecule has 1 aromatic carbocycles. The number of aliphatic hydroxyl groups excluding tert-OH is 1. The number of aliphatic hydroxyl groups is 2. The Balaban J connectivity index is 1.87. The van der Waals surface area contributed by atoms with Gasteiger partial charge in [0, 0.05) is 38.4 Å². The topological polar surface area (TPSA) is 56.2 Å². The van der Waals surface area contributed by atoms with Crippen molar-refractivity contribution in [2.75, 3.05) is 44.2 Å². The molecule has 2 N–H and O–H groups in total. The van der Waals surface area contributed by atoms with Gasteiger partial charge in [-0.15, -0.1) is 0 Å². The third kappa shape index (κ3) is 4.96. The standard InChI is InChI=1S/C18H30BN2O3/c1-17(2,23)18(3,4)24-19-15-5-7-16(8-6-15)21-11-9-20(10-12-21)13-14-22/h5-8,22-23H,9-14H2,1-4H3. The molecule has 0 amide bonds. The highest BCUT2D eigenvalue weighted by atomic mass is 16.5. The predicted molar refractivity (Wildman–Crippen MR) is 99.0 cm³/mol. The Bertz CT molecular complexity index is 506. The van der Waals surface area contributed by atoms with Gasteiger partial charge < -0.3 is 19.8 Å². The van der Waals surface area contributed by atoms with E-state index in [1.165, 1.54) is 5.69 Å². The van der Waals surface area contributed by atoms with E-state index in [4.69, 9.17) is 9.76 Å². The van der Waals surface area contributed by atoms with E-state index in [0.717, 1.165) is 38.2 Å². The van der Waals surface area contributed by atoms with Crippen LogP contribution < -0.4 is 10.4 Å². The lowest BCUT2D eigenvalue weighted by Crippen LogP contribution is -2.49. The number of hydrogen-bond acceptors (Lipinski definition) is 5. The second-order valence-electron chi connectivity index (χ2n) is 7.45.